The van der Waals surface area contributed by atoms with E-state index in [0.717, 1.165) is 19.4 Å². The number of unbranched alkanes of at least 4 members (excludes halogenated alkanes) is 3. The third-order valence-electron chi connectivity index (χ3n) is 3.60. The molecule has 0 aromatic heterocycles. The average Bonchev–Trinajstić information content (AvgIpc) is 2.42. The third kappa shape index (κ3) is 6.36. The normalized spacial score (nSPS) is 10.6. The minimum Gasteiger partial charge on any atom is -0.305 e. The fourth-order valence-electron chi connectivity index (χ4n) is 2.55. The number of rotatable bonds is 7. The summed E-state index contributed by atoms with van der Waals surface area (Å²) in [4.78, 5) is 2.23. The molecule has 0 heterocycles. The molecule has 1 aromatic rings. The van der Waals surface area contributed by atoms with Crippen LogP contribution in [-0.4, -0.2) is 19.0 Å². The van der Waals surface area contributed by atoms with Crippen molar-refractivity contribution in [3.63, 3.8) is 0 Å². The van der Waals surface area contributed by atoms with E-state index in [4.69, 9.17) is 0 Å². The molecule has 0 aliphatic carbocycles. The molecule has 0 saturated heterocycles. The number of hydrogen-bond donors (Lipinski definition) is 0. The van der Waals surface area contributed by atoms with Crippen LogP contribution in [0, 0.1) is 18.8 Å². The van der Waals surface area contributed by atoms with Crippen LogP contribution in [-0.2, 0) is 13.0 Å². The predicted molar refractivity (Wildman–Crippen MR) is 93.6 cm³/mol. The first-order valence-electron chi connectivity index (χ1n) is 8.34. The van der Waals surface area contributed by atoms with Gasteiger partial charge in [-0.25, -0.2) is 0 Å². The Balaban J connectivity index is 3.12. The van der Waals surface area contributed by atoms with E-state index in [1.165, 1.54) is 47.9 Å². The molecule has 0 aliphatic heterocycles. The van der Waals surface area contributed by atoms with Crippen molar-refractivity contribution in [1.82, 2.24) is 4.90 Å². The monoisotopic (exact) mass is 285 g/mol. The Labute approximate surface area is 131 Å². The molecule has 0 saturated carbocycles. The van der Waals surface area contributed by atoms with E-state index >= 15 is 0 Å². The average molecular weight is 285 g/mol. The molecule has 0 fully saturated rings. The fourth-order valence-corrected chi connectivity index (χ4v) is 2.55. The van der Waals surface area contributed by atoms with E-state index in [9.17, 15) is 0 Å². The maximum atomic E-state index is 3.48. The van der Waals surface area contributed by atoms with Crippen LogP contribution in [0.4, 0.5) is 0 Å². The van der Waals surface area contributed by atoms with E-state index in [0.29, 0.717) is 0 Å². The molecule has 116 valence electrons. The van der Waals surface area contributed by atoms with E-state index < -0.39 is 0 Å². The highest BCUT2D eigenvalue weighted by molar-refractivity contribution is 5.49. The molecule has 0 bridgehead atoms. The van der Waals surface area contributed by atoms with Gasteiger partial charge in [-0.3, -0.25) is 0 Å². The number of aryl methyl sites for hydroxylation is 2. The summed E-state index contributed by atoms with van der Waals surface area (Å²) in [6.07, 6.45) is 7.06. The molecule has 0 aliphatic rings. The van der Waals surface area contributed by atoms with E-state index in [2.05, 4.69) is 63.7 Å². The second-order valence-corrected chi connectivity index (χ2v) is 6.20. The maximum absolute atomic E-state index is 3.48. The summed E-state index contributed by atoms with van der Waals surface area (Å²) in [6.45, 7) is 7.64. The summed E-state index contributed by atoms with van der Waals surface area (Å²) in [5.74, 6) is 6.87. The highest BCUT2D eigenvalue weighted by Crippen LogP contribution is 2.20. The maximum Gasteiger partial charge on any atom is 0.0322 e. The van der Waals surface area contributed by atoms with Crippen molar-refractivity contribution < 1.29 is 0 Å². The van der Waals surface area contributed by atoms with Crippen molar-refractivity contribution in [3.05, 3.63) is 34.4 Å². The van der Waals surface area contributed by atoms with Crippen LogP contribution in [0.25, 0.3) is 0 Å². The second kappa shape index (κ2) is 9.64. The van der Waals surface area contributed by atoms with Crippen LogP contribution in [0.5, 0.6) is 0 Å². The van der Waals surface area contributed by atoms with Gasteiger partial charge in [0.1, 0.15) is 0 Å². The van der Waals surface area contributed by atoms with Gasteiger partial charge in [-0.15, -0.1) is 0 Å². The van der Waals surface area contributed by atoms with Crippen molar-refractivity contribution in [2.24, 2.45) is 0 Å². The van der Waals surface area contributed by atoms with Gasteiger partial charge in [0.2, 0.25) is 0 Å². The summed E-state index contributed by atoms with van der Waals surface area (Å²) in [5, 5.41) is 0. The van der Waals surface area contributed by atoms with E-state index in [1.807, 2.05) is 0 Å². The minimum absolute atomic E-state index is 0.971. The van der Waals surface area contributed by atoms with E-state index in [-0.39, 0.29) is 0 Å². The lowest BCUT2D eigenvalue weighted by Crippen LogP contribution is -2.13. The smallest absolute Gasteiger partial charge is 0.0322 e. The molecular weight excluding hydrogens is 254 g/mol. The summed E-state index contributed by atoms with van der Waals surface area (Å²) in [7, 11) is 4.25. The van der Waals surface area contributed by atoms with Gasteiger partial charge >= 0.3 is 0 Å². The zero-order chi connectivity index (χ0) is 15.7. The summed E-state index contributed by atoms with van der Waals surface area (Å²) >= 11 is 0. The first kappa shape index (κ1) is 17.8. The van der Waals surface area contributed by atoms with Crippen LogP contribution >= 0.6 is 0 Å². The van der Waals surface area contributed by atoms with Gasteiger partial charge in [-0.2, -0.15) is 0 Å². The summed E-state index contributed by atoms with van der Waals surface area (Å²) < 4.78 is 0. The van der Waals surface area contributed by atoms with Crippen molar-refractivity contribution in [2.45, 2.75) is 65.8 Å². The number of nitrogens with zero attached hydrogens (tertiary/aromatic N) is 1. The Morgan fingerprint density at radius 3 is 2.29 bits per heavy atom. The standard InChI is InChI=1S/C20H31N/c1-6-8-10-11-13-20-18(12-9-7-2)14-17(3)15-19(20)16-21(4)5/h14-15H,6-10,12,16H2,1-5H3. The molecule has 1 rings (SSSR count). The Morgan fingerprint density at radius 1 is 1.00 bits per heavy atom. The van der Waals surface area contributed by atoms with Gasteiger partial charge < -0.3 is 4.90 Å². The predicted octanol–water partition coefficient (Wildman–Crippen LogP) is 4.94. The number of hydrogen-bond acceptors (Lipinski definition) is 1. The van der Waals surface area contributed by atoms with Crippen LogP contribution in [0.1, 0.15) is 68.2 Å². The quantitative estimate of drug-likeness (QED) is 0.506. The van der Waals surface area contributed by atoms with Gasteiger partial charge in [0.05, 0.1) is 0 Å². The molecule has 0 unspecified atom stereocenters. The molecular formula is C20H31N. The lowest BCUT2D eigenvalue weighted by molar-refractivity contribution is 0.402. The topological polar surface area (TPSA) is 3.24 Å². The highest BCUT2D eigenvalue weighted by atomic mass is 15.0. The van der Waals surface area contributed by atoms with Crippen molar-refractivity contribution in [3.8, 4) is 11.8 Å². The first-order chi connectivity index (χ1) is 10.1. The fraction of sp³-hybridized carbons (Fsp3) is 0.600. The van der Waals surface area contributed by atoms with Gasteiger partial charge in [0, 0.05) is 18.5 Å². The molecule has 1 nitrogen and oxygen atoms in total. The van der Waals surface area contributed by atoms with Crippen LogP contribution < -0.4 is 0 Å². The zero-order valence-electron chi connectivity index (χ0n) is 14.6. The van der Waals surface area contributed by atoms with Crippen molar-refractivity contribution in [1.29, 1.82) is 0 Å². The number of benzene rings is 1. The lowest BCUT2D eigenvalue weighted by Gasteiger charge is -2.16. The van der Waals surface area contributed by atoms with E-state index in [1.54, 1.807) is 0 Å². The van der Waals surface area contributed by atoms with Crippen molar-refractivity contribution in [2.75, 3.05) is 14.1 Å². The third-order valence-corrected chi connectivity index (χ3v) is 3.60. The first-order valence-corrected chi connectivity index (χ1v) is 8.34. The van der Waals surface area contributed by atoms with Gasteiger partial charge in [0.25, 0.3) is 0 Å². The summed E-state index contributed by atoms with van der Waals surface area (Å²) in [6, 6.07) is 4.64. The van der Waals surface area contributed by atoms with Crippen molar-refractivity contribution >= 4 is 0 Å². The van der Waals surface area contributed by atoms with Gasteiger partial charge in [-0.1, -0.05) is 56.2 Å². The highest BCUT2D eigenvalue weighted by Gasteiger charge is 2.09. The molecule has 21 heavy (non-hydrogen) atoms. The van der Waals surface area contributed by atoms with Crippen LogP contribution in [0.15, 0.2) is 12.1 Å². The molecule has 1 aromatic carbocycles. The molecule has 0 spiro atoms. The molecule has 1 heteroatoms. The second-order valence-electron chi connectivity index (χ2n) is 6.20. The van der Waals surface area contributed by atoms with Gasteiger partial charge in [0.15, 0.2) is 0 Å². The SMILES string of the molecule is CCCCC#Cc1c(CCCC)cc(C)cc1CN(C)C. The zero-order valence-corrected chi connectivity index (χ0v) is 14.6. The summed E-state index contributed by atoms with van der Waals surface area (Å²) in [5.41, 5.74) is 5.48. The van der Waals surface area contributed by atoms with Crippen LogP contribution in [0.3, 0.4) is 0 Å². The molecule has 0 radical (unpaired) electrons. The molecule has 0 atom stereocenters. The Morgan fingerprint density at radius 2 is 1.67 bits per heavy atom. The molecule has 0 amide bonds. The Hall–Kier alpha value is -1.26. The minimum atomic E-state index is 0.971. The Kier molecular flexibility index (Phi) is 8.16. The lowest BCUT2D eigenvalue weighted by atomic mass is 9.94. The largest absolute Gasteiger partial charge is 0.305 e. The molecule has 0 N–H and O–H groups in total. The van der Waals surface area contributed by atoms with Gasteiger partial charge in [-0.05, 0) is 51.4 Å². The Bertz CT molecular complexity index is 489. The van der Waals surface area contributed by atoms with Crippen LogP contribution in [0.2, 0.25) is 0 Å².